The summed E-state index contributed by atoms with van der Waals surface area (Å²) in [5.74, 6) is 1.04. The highest BCUT2D eigenvalue weighted by molar-refractivity contribution is 5.85. The Hall–Kier alpha value is -0.280. The molecule has 1 heterocycles. The zero-order valence-corrected chi connectivity index (χ0v) is 9.19. The number of carbonyl (C=O) groups excluding carboxylic acids is 1. The minimum absolute atomic E-state index is 0. The van der Waals surface area contributed by atoms with Crippen LogP contribution in [-0.2, 0) is 4.79 Å². The van der Waals surface area contributed by atoms with Crippen molar-refractivity contribution in [2.45, 2.75) is 19.8 Å². The highest BCUT2D eigenvalue weighted by Crippen LogP contribution is 2.15. The van der Waals surface area contributed by atoms with Gasteiger partial charge in [-0.25, -0.2) is 0 Å². The fourth-order valence-electron chi connectivity index (χ4n) is 1.52. The Morgan fingerprint density at radius 3 is 2.46 bits per heavy atom. The van der Waals surface area contributed by atoms with Crippen LogP contribution in [0.5, 0.6) is 0 Å². The molecule has 1 N–H and O–H groups in total. The van der Waals surface area contributed by atoms with Crippen LogP contribution in [0.1, 0.15) is 19.8 Å². The van der Waals surface area contributed by atoms with Crippen LogP contribution in [0.4, 0.5) is 0 Å². The first kappa shape index (κ1) is 12.7. The highest BCUT2D eigenvalue weighted by atomic mass is 35.5. The molecule has 0 aromatic heterocycles. The lowest BCUT2D eigenvalue weighted by atomic mass is 9.99. The molecule has 1 aliphatic heterocycles. The standard InChI is InChI=1S/C9H18N2O.ClH/c1-8-3-5-11(6-4-8)9(12)7-10-2;/h8,10H,3-7H2,1-2H3;1H. The molecule has 0 atom stereocenters. The van der Waals surface area contributed by atoms with E-state index in [0.717, 1.165) is 31.8 Å². The lowest BCUT2D eigenvalue weighted by Crippen LogP contribution is -2.41. The van der Waals surface area contributed by atoms with Crippen molar-refractivity contribution in [1.82, 2.24) is 10.2 Å². The van der Waals surface area contributed by atoms with Gasteiger partial charge in [0.2, 0.25) is 5.91 Å². The van der Waals surface area contributed by atoms with Crippen molar-refractivity contribution in [3.8, 4) is 0 Å². The van der Waals surface area contributed by atoms with E-state index < -0.39 is 0 Å². The molecule has 1 aliphatic rings. The van der Waals surface area contributed by atoms with Gasteiger partial charge in [-0.05, 0) is 25.8 Å². The average molecular weight is 207 g/mol. The van der Waals surface area contributed by atoms with Crippen LogP contribution in [0.25, 0.3) is 0 Å². The van der Waals surface area contributed by atoms with Crippen LogP contribution in [0.15, 0.2) is 0 Å². The number of nitrogens with zero attached hydrogens (tertiary/aromatic N) is 1. The van der Waals surface area contributed by atoms with E-state index in [9.17, 15) is 4.79 Å². The number of hydrogen-bond donors (Lipinski definition) is 1. The largest absolute Gasteiger partial charge is 0.342 e. The molecule has 3 nitrogen and oxygen atoms in total. The maximum Gasteiger partial charge on any atom is 0.236 e. The Morgan fingerprint density at radius 2 is 2.00 bits per heavy atom. The van der Waals surface area contributed by atoms with Gasteiger partial charge in [0.05, 0.1) is 6.54 Å². The molecule has 0 aromatic carbocycles. The van der Waals surface area contributed by atoms with Gasteiger partial charge in [-0.15, -0.1) is 12.4 Å². The van der Waals surface area contributed by atoms with Gasteiger partial charge in [-0.2, -0.15) is 0 Å². The lowest BCUT2D eigenvalue weighted by Gasteiger charge is -2.30. The number of amides is 1. The van der Waals surface area contributed by atoms with Crippen LogP contribution < -0.4 is 5.32 Å². The Labute approximate surface area is 86.3 Å². The monoisotopic (exact) mass is 206 g/mol. The lowest BCUT2D eigenvalue weighted by molar-refractivity contribution is -0.131. The fourth-order valence-corrected chi connectivity index (χ4v) is 1.52. The van der Waals surface area contributed by atoms with Crippen LogP contribution in [-0.4, -0.2) is 37.5 Å². The van der Waals surface area contributed by atoms with Gasteiger partial charge in [-0.3, -0.25) is 4.79 Å². The summed E-state index contributed by atoms with van der Waals surface area (Å²) in [6.07, 6.45) is 2.32. The number of rotatable bonds is 2. The van der Waals surface area contributed by atoms with Crippen molar-refractivity contribution in [3.05, 3.63) is 0 Å². The van der Waals surface area contributed by atoms with E-state index in [0.29, 0.717) is 6.54 Å². The van der Waals surface area contributed by atoms with Crippen molar-refractivity contribution in [2.24, 2.45) is 5.92 Å². The molecule has 78 valence electrons. The summed E-state index contributed by atoms with van der Waals surface area (Å²) >= 11 is 0. The van der Waals surface area contributed by atoms with Crippen molar-refractivity contribution >= 4 is 18.3 Å². The number of likely N-dealkylation sites (N-methyl/N-ethyl adjacent to an activating group) is 1. The van der Waals surface area contributed by atoms with E-state index in [1.807, 2.05) is 11.9 Å². The number of hydrogen-bond acceptors (Lipinski definition) is 2. The highest BCUT2D eigenvalue weighted by Gasteiger charge is 2.18. The number of carbonyl (C=O) groups is 1. The topological polar surface area (TPSA) is 32.3 Å². The molecule has 0 radical (unpaired) electrons. The molecule has 0 spiro atoms. The number of halogens is 1. The summed E-state index contributed by atoms with van der Waals surface area (Å²) in [5.41, 5.74) is 0. The molecule has 4 heteroatoms. The molecular formula is C9H19ClN2O. The van der Waals surface area contributed by atoms with E-state index >= 15 is 0 Å². The third-order valence-corrected chi connectivity index (χ3v) is 2.46. The molecule has 13 heavy (non-hydrogen) atoms. The first-order valence-electron chi connectivity index (χ1n) is 4.66. The molecule has 0 saturated carbocycles. The van der Waals surface area contributed by atoms with Gasteiger partial charge < -0.3 is 10.2 Å². The molecule has 0 unspecified atom stereocenters. The Bertz CT molecular complexity index is 156. The van der Waals surface area contributed by atoms with Crippen LogP contribution in [0.3, 0.4) is 0 Å². The molecule has 0 aromatic rings. The second-order valence-electron chi connectivity index (χ2n) is 3.59. The zero-order valence-electron chi connectivity index (χ0n) is 8.38. The summed E-state index contributed by atoms with van der Waals surface area (Å²) in [6.45, 7) is 4.62. The zero-order chi connectivity index (χ0) is 8.97. The SMILES string of the molecule is CNCC(=O)N1CCC(C)CC1.Cl. The summed E-state index contributed by atoms with van der Waals surface area (Å²) < 4.78 is 0. The number of likely N-dealkylation sites (tertiary alicyclic amines) is 1. The Balaban J connectivity index is 0.00000144. The first-order chi connectivity index (χ1) is 5.74. The van der Waals surface area contributed by atoms with Crippen molar-refractivity contribution < 1.29 is 4.79 Å². The normalized spacial score (nSPS) is 18.2. The Kier molecular flexibility index (Phi) is 6.08. The van der Waals surface area contributed by atoms with Gasteiger partial charge in [0.1, 0.15) is 0 Å². The average Bonchev–Trinajstić information content (AvgIpc) is 2.06. The molecule has 1 rings (SSSR count). The molecule has 0 aliphatic carbocycles. The summed E-state index contributed by atoms with van der Waals surface area (Å²) in [5, 5.41) is 2.88. The quantitative estimate of drug-likeness (QED) is 0.728. The third kappa shape index (κ3) is 3.96. The van der Waals surface area contributed by atoms with Crippen molar-refractivity contribution in [1.29, 1.82) is 0 Å². The molecule has 1 saturated heterocycles. The van der Waals surface area contributed by atoms with Crippen molar-refractivity contribution in [3.63, 3.8) is 0 Å². The molecule has 1 fully saturated rings. The van der Waals surface area contributed by atoms with Gasteiger partial charge in [-0.1, -0.05) is 6.92 Å². The van der Waals surface area contributed by atoms with Gasteiger partial charge in [0.15, 0.2) is 0 Å². The van der Waals surface area contributed by atoms with E-state index in [1.165, 1.54) is 0 Å². The predicted octanol–water partition coefficient (Wildman–Crippen LogP) is 0.886. The van der Waals surface area contributed by atoms with Crippen LogP contribution in [0.2, 0.25) is 0 Å². The maximum absolute atomic E-state index is 11.4. The van der Waals surface area contributed by atoms with Gasteiger partial charge in [0.25, 0.3) is 0 Å². The maximum atomic E-state index is 11.4. The third-order valence-electron chi connectivity index (χ3n) is 2.46. The van der Waals surface area contributed by atoms with E-state index in [4.69, 9.17) is 0 Å². The van der Waals surface area contributed by atoms with Crippen molar-refractivity contribution in [2.75, 3.05) is 26.7 Å². The van der Waals surface area contributed by atoms with E-state index in [-0.39, 0.29) is 18.3 Å². The summed E-state index contributed by atoms with van der Waals surface area (Å²) in [7, 11) is 1.81. The van der Waals surface area contributed by atoms with Gasteiger partial charge >= 0.3 is 0 Å². The van der Waals surface area contributed by atoms with E-state index in [1.54, 1.807) is 0 Å². The van der Waals surface area contributed by atoms with Crippen LogP contribution in [0, 0.1) is 5.92 Å². The fraction of sp³-hybridized carbons (Fsp3) is 0.889. The minimum Gasteiger partial charge on any atom is -0.342 e. The van der Waals surface area contributed by atoms with Gasteiger partial charge in [0, 0.05) is 13.1 Å². The second-order valence-corrected chi connectivity index (χ2v) is 3.59. The molecule has 0 bridgehead atoms. The summed E-state index contributed by atoms with van der Waals surface area (Å²) in [6, 6.07) is 0. The summed E-state index contributed by atoms with van der Waals surface area (Å²) in [4.78, 5) is 13.3. The predicted molar refractivity (Wildman–Crippen MR) is 56.2 cm³/mol. The molecular weight excluding hydrogens is 188 g/mol. The first-order valence-corrected chi connectivity index (χ1v) is 4.66. The Morgan fingerprint density at radius 1 is 1.46 bits per heavy atom. The molecule has 1 amide bonds. The smallest absolute Gasteiger partial charge is 0.236 e. The number of nitrogens with one attached hydrogen (secondary N) is 1. The number of piperidine rings is 1. The van der Waals surface area contributed by atoms with E-state index in [2.05, 4.69) is 12.2 Å². The second kappa shape index (κ2) is 6.22. The van der Waals surface area contributed by atoms with Crippen LogP contribution >= 0.6 is 12.4 Å². The minimum atomic E-state index is 0.